The number of rotatable bonds is 2. The summed E-state index contributed by atoms with van der Waals surface area (Å²) >= 11 is 0. The maximum absolute atomic E-state index is 10.5. The summed E-state index contributed by atoms with van der Waals surface area (Å²) in [6, 6.07) is 0. The predicted molar refractivity (Wildman–Crippen MR) is 54.2 cm³/mol. The summed E-state index contributed by atoms with van der Waals surface area (Å²) in [6.45, 7) is 0. The van der Waals surface area contributed by atoms with Crippen LogP contribution in [0.4, 0.5) is 5.95 Å². The molecule has 9 nitrogen and oxygen atoms in total. The monoisotopic (exact) mass is 237 g/mol. The van der Waals surface area contributed by atoms with Crippen LogP contribution in [0.1, 0.15) is 5.69 Å². The van der Waals surface area contributed by atoms with Gasteiger partial charge in [0.15, 0.2) is 11.2 Å². The molecular formula is C8H7N5O4. The first-order valence-electron chi connectivity index (χ1n) is 4.41. The Morgan fingerprint density at radius 3 is 2.47 bits per heavy atom. The number of aliphatic carboxylic acids is 1. The van der Waals surface area contributed by atoms with Crippen molar-refractivity contribution >= 4 is 23.1 Å². The highest BCUT2D eigenvalue weighted by Gasteiger charge is 2.15. The number of carboxylic acid groups (broad SMARTS) is 1. The fourth-order valence-corrected chi connectivity index (χ4v) is 1.24. The Balaban J connectivity index is 2.67. The van der Waals surface area contributed by atoms with E-state index in [0.29, 0.717) is 0 Å². The van der Waals surface area contributed by atoms with Gasteiger partial charge in [-0.2, -0.15) is 15.0 Å². The number of carboxylic acids is 1. The van der Waals surface area contributed by atoms with E-state index in [1.807, 2.05) is 0 Å². The van der Waals surface area contributed by atoms with Crippen molar-refractivity contribution in [2.45, 2.75) is 6.42 Å². The van der Waals surface area contributed by atoms with Crippen LogP contribution in [-0.2, 0) is 11.2 Å². The number of hydrogen-bond donors (Lipinski definition) is 4. The van der Waals surface area contributed by atoms with Gasteiger partial charge in [-0.15, -0.1) is 0 Å². The molecule has 2 rings (SSSR count). The molecule has 0 aromatic carbocycles. The van der Waals surface area contributed by atoms with E-state index in [2.05, 4.69) is 19.9 Å². The normalized spacial score (nSPS) is 10.6. The van der Waals surface area contributed by atoms with Gasteiger partial charge in [0.25, 0.3) is 0 Å². The molecule has 0 radical (unpaired) electrons. The lowest BCUT2D eigenvalue weighted by molar-refractivity contribution is -0.136. The lowest BCUT2D eigenvalue weighted by Gasteiger charge is -2.03. The second kappa shape index (κ2) is 3.70. The molecule has 0 spiro atoms. The van der Waals surface area contributed by atoms with Gasteiger partial charge in [0.05, 0.1) is 6.42 Å². The van der Waals surface area contributed by atoms with Gasteiger partial charge < -0.3 is 21.1 Å². The zero-order valence-electron chi connectivity index (χ0n) is 8.32. The molecule has 0 aliphatic rings. The van der Waals surface area contributed by atoms with Crippen LogP contribution in [0.15, 0.2) is 0 Å². The number of nitrogens with zero attached hydrogens (tertiary/aromatic N) is 4. The molecule has 0 fully saturated rings. The quantitative estimate of drug-likeness (QED) is 0.516. The number of hydrogen-bond acceptors (Lipinski definition) is 8. The SMILES string of the molecule is Nc1nc(O)c2nc(CC(=O)O)c(O)nc2n1. The lowest BCUT2D eigenvalue weighted by Crippen LogP contribution is -2.06. The Morgan fingerprint density at radius 1 is 1.12 bits per heavy atom. The van der Waals surface area contributed by atoms with Crippen molar-refractivity contribution in [3.8, 4) is 11.8 Å². The highest BCUT2D eigenvalue weighted by molar-refractivity contribution is 5.78. The van der Waals surface area contributed by atoms with Crippen LogP contribution in [0.5, 0.6) is 11.8 Å². The van der Waals surface area contributed by atoms with E-state index in [1.54, 1.807) is 0 Å². The minimum atomic E-state index is -1.19. The number of fused-ring (bicyclic) bond motifs is 1. The number of aromatic nitrogens is 4. The molecule has 0 saturated carbocycles. The molecule has 9 heteroatoms. The molecule has 0 aliphatic carbocycles. The van der Waals surface area contributed by atoms with Crippen molar-refractivity contribution in [1.82, 2.24) is 19.9 Å². The van der Waals surface area contributed by atoms with Gasteiger partial charge in [-0.25, -0.2) is 4.98 Å². The molecular weight excluding hydrogens is 230 g/mol. The van der Waals surface area contributed by atoms with Crippen LogP contribution < -0.4 is 5.73 Å². The van der Waals surface area contributed by atoms with Crippen molar-refractivity contribution in [3.05, 3.63) is 5.69 Å². The third-order valence-electron chi connectivity index (χ3n) is 1.90. The molecule has 0 amide bonds. The minimum Gasteiger partial charge on any atom is -0.492 e. The van der Waals surface area contributed by atoms with E-state index in [0.717, 1.165) is 0 Å². The van der Waals surface area contributed by atoms with Gasteiger partial charge in [-0.1, -0.05) is 0 Å². The van der Waals surface area contributed by atoms with E-state index in [-0.39, 0.29) is 22.8 Å². The summed E-state index contributed by atoms with van der Waals surface area (Å²) in [4.78, 5) is 24.9. The molecule has 0 unspecified atom stereocenters. The topological polar surface area (TPSA) is 155 Å². The Kier molecular flexibility index (Phi) is 2.35. The lowest BCUT2D eigenvalue weighted by atomic mass is 10.3. The van der Waals surface area contributed by atoms with E-state index in [9.17, 15) is 15.0 Å². The molecule has 0 aliphatic heterocycles. The number of aromatic hydroxyl groups is 2. The average Bonchev–Trinajstić information content (AvgIpc) is 2.19. The Morgan fingerprint density at radius 2 is 1.82 bits per heavy atom. The van der Waals surface area contributed by atoms with Crippen molar-refractivity contribution < 1.29 is 20.1 Å². The standard InChI is InChI=1S/C8H7N5O4/c9-8-12-5-4(7(17)13-8)10-2(1-3(14)15)6(16)11-5/h1H2,(H,14,15)(H4,9,11,12,13,16,17). The maximum Gasteiger partial charge on any atom is 0.309 e. The largest absolute Gasteiger partial charge is 0.492 e. The van der Waals surface area contributed by atoms with Crippen LogP contribution in [0.2, 0.25) is 0 Å². The number of carbonyl (C=O) groups is 1. The molecule has 0 atom stereocenters. The summed E-state index contributed by atoms with van der Waals surface area (Å²) < 4.78 is 0. The van der Waals surface area contributed by atoms with Crippen LogP contribution >= 0.6 is 0 Å². The van der Waals surface area contributed by atoms with E-state index in [4.69, 9.17) is 10.8 Å². The van der Waals surface area contributed by atoms with Crippen LogP contribution in [0.3, 0.4) is 0 Å². The first-order valence-corrected chi connectivity index (χ1v) is 4.41. The molecule has 2 heterocycles. The maximum atomic E-state index is 10.5. The first-order chi connectivity index (χ1) is 7.97. The molecule has 0 saturated heterocycles. The fraction of sp³-hybridized carbons (Fsp3) is 0.125. The van der Waals surface area contributed by atoms with Gasteiger partial charge in [0.2, 0.25) is 17.7 Å². The number of nitrogens with two attached hydrogens (primary N) is 1. The fourth-order valence-electron chi connectivity index (χ4n) is 1.24. The predicted octanol–water partition coefficient (Wildman–Crippen LogP) is -0.960. The second-order valence-electron chi connectivity index (χ2n) is 3.14. The molecule has 5 N–H and O–H groups in total. The Labute approximate surface area is 93.6 Å². The van der Waals surface area contributed by atoms with E-state index in [1.165, 1.54) is 0 Å². The summed E-state index contributed by atoms with van der Waals surface area (Å²) in [7, 11) is 0. The molecule has 0 bridgehead atoms. The van der Waals surface area contributed by atoms with Crippen LogP contribution in [0, 0.1) is 0 Å². The van der Waals surface area contributed by atoms with Crippen molar-refractivity contribution in [2.24, 2.45) is 0 Å². The van der Waals surface area contributed by atoms with Gasteiger partial charge in [0.1, 0.15) is 5.69 Å². The number of anilines is 1. The van der Waals surface area contributed by atoms with Crippen molar-refractivity contribution in [2.75, 3.05) is 5.73 Å². The molecule has 2 aromatic heterocycles. The first kappa shape index (κ1) is 10.8. The summed E-state index contributed by atoms with van der Waals surface area (Å²) in [5.74, 6) is -2.51. The summed E-state index contributed by atoms with van der Waals surface area (Å²) in [6.07, 6.45) is -0.529. The van der Waals surface area contributed by atoms with Crippen molar-refractivity contribution in [1.29, 1.82) is 0 Å². The Bertz CT molecular complexity index is 614. The highest BCUT2D eigenvalue weighted by atomic mass is 16.4. The van der Waals surface area contributed by atoms with Gasteiger partial charge in [0, 0.05) is 0 Å². The minimum absolute atomic E-state index is 0.110. The third-order valence-corrected chi connectivity index (χ3v) is 1.90. The summed E-state index contributed by atoms with van der Waals surface area (Å²) in [5, 5.41) is 27.4. The molecule has 88 valence electrons. The van der Waals surface area contributed by atoms with Crippen molar-refractivity contribution in [3.63, 3.8) is 0 Å². The average molecular weight is 237 g/mol. The smallest absolute Gasteiger partial charge is 0.309 e. The molecule has 17 heavy (non-hydrogen) atoms. The highest BCUT2D eigenvalue weighted by Crippen LogP contribution is 2.22. The van der Waals surface area contributed by atoms with E-state index >= 15 is 0 Å². The van der Waals surface area contributed by atoms with Gasteiger partial charge in [-0.05, 0) is 0 Å². The zero-order valence-corrected chi connectivity index (χ0v) is 8.32. The second-order valence-corrected chi connectivity index (χ2v) is 3.14. The van der Waals surface area contributed by atoms with Gasteiger partial charge >= 0.3 is 5.97 Å². The summed E-state index contributed by atoms with van der Waals surface area (Å²) in [5.41, 5.74) is 4.85. The van der Waals surface area contributed by atoms with Crippen LogP contribution in [0.25, 0.3) is 11.2 Å². The Hall–Kier alpha value is -2.71. The van der Waals surface area contributed by atoms with E-state index < -0.39 is 24.2 Å². The number of nitrogen functional groups attached to an aromatic ring is 1. The third kappa shape index (κ3) is 1.97. The molecule has 2 aromatic rings. The zero-order chi connectivity index (χ0) is 12.6. The van der Waals surface area contributed by atoms with Gasteiger partial charge in [-0.3, -0.25) is 4.79 Å². The van der Waals surface area contributed by atoms with Crippen LogP contribution in [-0.4, -0.2) is 41.2 Å².